The minimum absolute atomic E-state index is 0. The largest absolute Gasteiger partial charge is 0.478 e. The molecular weight excluding hydrogens is 345 g/mol. The molecule has 0 bridgehead atoms. The molecule has 0 saturated heterocycles. The Morgan fingerprint density at radius 3 is 1.42 bits per heavy atom. The van der Waals surface area contributed by atoms with E-state index in [0.717, 1.165) is 25.1 Å². The van der Waals surface area contributed by atoms with Crippen molar-refractivity contribution in [3.05, 3.63) is 71.0 Å². The van der Waals surface area contributed by atoms with Crippen LogP contribution in [0.25, 0.3) is 0 Å². The van der Waals surface area contributed by atoms with Gasteiger partial charge in [0.15, 0.2) is 5.78 Å². The fourth-order valence-corrected chi connectivity index (χ4v) is 1.47. The number of ketones is 1. The van der Waals surface area contributed by atoms with Gasteiger partial charge in [-0.3, -0.25) is 4.79 Å². The first-order chi connectivity index (χ1) is 11.8. The lowest BCUT2D eigenvalue weighted by atomic mass is 10.1. The highest BCUT2D eigenvalue weighted by molar-refractivity contribution is 5.94. The van der Waals surface area contributed by atoms with Crippen molar-refractivity contribution >= 4 is 11.8 Å². The maximum atomic E-state index is 12.6. The van der Waals surface area contributed by atoms with E-state index in [4.69, 9.17) is 5.11 Å². The number of carboxylic acid groups (broad SMARTS) is 1. The van der Waals surface area contributed by atoms with Crippen LogP contribution < -0.4 is 0 Å². The normalized spacial score (nSPS) is 8.15. The van der Waals surface area contributed by atoms with Crippen LogP contribution in [0.15, 0.2) is 42.5 Å². The lowest BCUT2D eigenvalue weighted by molar-refractivity contribution is 0.0691. The van der Waals surface area contributed by atoms with E-state index in [1.165, 1.54) is 24.3 Å². The van der Waals surface area contributed by atoms with Crippen LogP contribution in [0.4, 0.5) is 13.2 Å². The fraction of sp³-hybridized carbons (Fsp3) is 0.300. The van der Waals surface area contributed by atoms with Gasteiger partial charge in [0.25, 0.3) is 0 Å². The van der Waals surface area contributed by atoms with Gasteiger partial charge in [0, 0.05) is 0 Å². The summed E-state index contributed by atoms with van der Waals surface area (Å²) in [6, 6.07) is 8.59. The zero-order chi connectivity index (χ0) is 20.0. The van der Waals surface area contributed by atoms with Crippen LogP contribution in [0.1, 0.15) is 62.8 Å². The third-order valence-electron chi connectivity index (χ3n) is 2.42. The molecule has 0 radical (unpaired) electrons. The zero-order valence-electron chi connectivity index (χ0n) is 14.9. The Bertz CT molecular complexity index is 651. The standard InChI is InChI=1S/C8H6F2O.C7H5FO2.2C2H6.CH4/c1-5(11)8-6(9)3-2-4-7(8)10;8-6-4-2-1-3-5(6)7(9)10;2*1-2;/h2-4H,1H3;1-4H,(H,9,10);2*1-2H3;1H4. The van der Waals surface area contributed by atoms with Crippen molar-refractivity contribution in [1.82, 2.24) is 0 Å². The topological polar surface area (TPSA) is 54.4 Å². The molecule has 0 unspecified atom stereocenters. The minimum Gasteiger partial charge on any atom is -0.478 e. The molecule has 0 heterocycles. The smallest absolute Gasteiger partial charge is 0.338 e. The second-order valence-corrected chi connectivity index (χ2v) is 3.94. The summed E-state index contributed by atoms with van der Waals surface area (Å²) < 4.78 is 37.7. The molecule has 0 aliphatic heterocycles. The number of halogens is 3. The van der Waals surface area contributed by atoms with E-state index in [1.807, 2.05) is 27.7 Å². The number of rotatable bonds is 2. The Morgan fingerprint density at radius 2 is 1.15 bits per heavy atom. The summed E-state index contributed by atoms with van der Waals surface area (Å²) in [4.78, 5) is 20.8. The van der Waals surface area contributed by atoms with Crippen molar-refractivity contribution in [2.24, 2.45) is 0 Å². The SMILES string of the molecule is C.CC.CC.CC(=O)c1c(F)cccc1F.O=C(O)c1ccccc1F. The van der Waals surface area contributed by atoms with Crippen LogP contribution >= 0.6 is 0 Å². The molecule has 0 spiro atoms. The van der Waals surface area contributed by atoms with Gasteiger partial charge in [-0.05, 0) is 31.2 Å². The lowest BCUT2D eigenvalue weighted by Gasteiger charge is -1.97. The molecule has 26 heavy (non-hydrogen) atoms. The number of hydrogen-bond donors (Lipinski definition) is 1. The maximum Gasteiger partial charge on any atom is 0.338 e. The summed E-state index contributed by atoms with van der Waals surface area (Å²) >= 11 is 0. The summed E-state index contributed by atoms with van der Waals surface area (Å²) in [5.74, 6) is -4.15. The molecule has 0 aliphatic rings. The van der Waals surface area contributed by atoms with Gasteiger partial charge < -0.3 is 5.11 Å². The van der Waals surface area contributed by atoms with Crippen LogP contribution in [0, 0.1) is 17.5 Å². The number of hydrogen-bond acceptors (Lipinski definition) is 2. The van der Waals surface area contributed by atoms with Gasteiger partial charge in [-0.1, -0.05) is 53.3 Å². The molecule has 6 heteroatoms. The highest BCUT2D eigenvalue weighted by atomic mass is 19.1. The van der Waals surface area contributed by atoms with Crippen LogP contribution in [-0.4, -0.2) is 16.9 Å². The van der Waals surface area contributed by atoms with Crippen LogP contribution in [0.3, 0.4) is 0 Å². The van der Waals surface area contributed by atoms with E-state index in [9.17, 15) is 22.8 Å². The van der Waals surface area contributed by atoms with Gasteiger partial charge >= 0.3 is 5.97 Å². The van der Waals surface area contributed by atoms with E-state index in [-0.39, 0.29) is 13.0 Å². The van der Waals surface area contributed by atoms with E-state index in [2.05, 4.69) is 0 Å². The third-order valence-corrected chi connectivity index (χ3v) is 2.42. The number of carboxylic acids is 1. The molecule has 2 aromatic rings. The highest BCUT2D eigenvalue weighted by Crippen LogP contribution is 2.11. The highest BCUT2D eigenvalue weighted by Gasteiger charge is 2.11. The van der Waals surface area contributed by atoms with E-state index in [0.29, 0.717) is 0 Å². The molecule has 1 N–H and O–H groups in total. The Balaban J connectivity index is -0.000000332. The summed E-state index contributed by atoms with van der Waals surface area (Å²) in [7, 11) is 0. The quantitative estimate of drug-likeness (QED) is 0.622. The second-order valence-electron chi connectivity index (χ2n) is 3.94. The fourth-order valence-electron chi connectivity index (χ4n) is 1.47. The lowest BCUT2D eigenvalue weighted by Crippen LogP contribution is -2.00. The van der Waals surface area contributed by atoms with Crippen LogP contribution in [0.5, 0.6) is 0 Å². The van der Waals surface area contributed by atoms with Gasteiger partial charge in [0.2, 0.25) is 0 Å². The average molecular weight is 372 g/mol. The maximum absolute atomic E-state index is 12.6. The van der Waals surface area contributed by atoms with Gasteiger partial charge in [0.05, 0.1) is 11.1 Å². The number of carbonyl (C=O) groups is 2. The molecule has 0 aliphatic carbocycles. The van der Waals surface area contributed by atoms with Gasteiger partial charge in [-0.2, -0.15) is 0 Å². The summed E-state index contributed by atoms with van der Waals surface area (Å²) in [6.45, 7) is 9.13. The predicted molar refractivity (Wildman–Crippen MR) is 99.1 cm³/mol. The van der Waals surface area contributed by atoms with E-state index < -0.39 is 34.8 Å². The molecule has 0 saturated carbocycles. The molecule has 0 fully saturated rings. The van der Waals surface area contributed by atoms with Crippen molar-refractivity contribution in [3.63, 3.8) is 0 Å². The van der Waals surface area contributed by atoms with Crippen LogP contribution in [0.2, 0.25) is 0 Å². The first-order valence-corrected chi connectivity index (χ1v) is 7.77. The molecule has 2 rings (SSSR count). The van der Waals surface area contributed by atoms with E-state index in [1.54, 1.807) is 0 Å². The Labute approximate surface area is 153 Å². The third kappa shape index (κ3) is 9.61. The first-order valence-electron chi connectivity index (χ1n) is 7.77. The molecule has 0 amide bonds. The Morgan fingerprint density at radius 1 is 0.769 bits per heavy atom. The van der Waals surface area contributed by atoms with Gasteiger partial charge in [-0.25, -0.2) is 18.0 Å². The second kappa shape index (κ2) is 15.9. The summed E-state index contributed by atoms with van der Waals surface area (Å²) in [5, 5.41) is 8.33. The molecule has 2 aromatic carbocycles. The average Bonchev–Trinajstić information content (AvgIpc) is 2.59. The van der Waals surface area contributed by atoms with Crippen molar-refractivity contribution in [2.75, 3.05) is 0 Å². The van der Waals surface area contributed by atoms with Crippen molar-refractivity contribution in [2.45, 2.75) is 42.0 Å². The molecule has 0 atom stereocenters. The van der Waals surface area contributed by atoms with Crippen molar-refractivity contribution in [1.29, 1.82) is 0 Å². The number of Topliss-reactive ketones (excluding diaryl/α,β-unsaturated/α-hetero) is 1. The Kier molecular flexibility index (Phi) is 17.2. The first kappa shape index (κ1) is 28.2. The van der Waals surface area contributed by atoms with Crippen LogP contribution in [-0.2, 0) is 0 Å². The minimum atomic E-state index is -1.24. The van der Waals surface area contributed by atoms with Crippen molar-refractivity contribution in [3.8, 4) is 0 Å². The Hall–Kier alpha value is -2.63. The number of benzene rings is 2. The van der Waals surface area contributed by atoms with Crippen molar-refractivity contribution < 1.29 is 27.9 Å². The molecule has 146 valence electrons. The number of aromatic carboxylic acids is 1. The van der Waals surface area contributed by atoms with E-state index >= 15 is 0 Å². The summed E-state index contributed by atoms with van der Waals surface area (Å²) in [5.41, 5.74) is -0.755. The predicted octanol–water partition coefficient (Wildman–Crippen LogP) is 6.38. The monoisotopic (exact) mass is 372 g/mol. The zero-order valence-corrected chi connectivity index (χ0v) is 14.9. The molecule has 0 aromatic heterocycles. The summed E-state index contributed by atoms with van der Waals surface area (Å²) in [6.07, 6.45) is 0. The molecule has 3 nitrogen and oxygen atoms in total. The van der Waals surface area contributed by atoms with Gasteiger partial charge in [-0.15, -0.1) is 0 Å². The number of carbonyl (C=O) groups excluding carboxylic acids is 1. The molecular formula is C20H27F3O3. The van der Waals surface area contributed by atoms with Gasteiger partial charge in [0.1, 0.15) is 17.5 Å².